The molecule has 6 aromatic rings. The first-order valence-electron chi connectivity index (χ1n) is 18.0. The third-order valence-corrected chi connectivity index (χ3v) is 17.1. The molecule has 0 aliphatic carbocycles. The van der Waals surface area contributed by atoms with E-state index < -0.39 is 23.7 Å². The summed E-state index contributed by atoms with van der Waals surface area (Å²) in [4.78, 5) is 7.20. The predicted molar refractivity (Wildman–Crippen MR) is 220 cm³/mol. The van der Waals surface area contributed by atoms with Crippen LogP contribution in [0.4, 0.5) is 0 Å². The van der Waals surface area contributed by atoms with Gasteiger partial charge in [0, 0.05) is 4.86 Å². The molecule has 9 nitrogen and oxygen atoms in total. The summed E-state index contributed by atoms with van der Waals surface area (Å²) in [5, 5.41) is 0. The number of nitrogens with one attached hydrogen (secondary N) is 2. The van der Waals surface area contributed by atoms with Crippen LogP contribution in [0.15, 0.2) is 168 Å². The fourth-order valence-electron chi connectivity index (χ4n) is 5.51. The van der Waals surface area contributed by atoms with Crippen LogP contribution in [-0.2, 0) is 19.3 Å². The molecule has 0 fully saturated rings. The fraction of sp³-hybridized carbons (Fsp3) is 0.143. The van der Waals surface area contributed by atoms with Crippen molar-refractivity contribution in [1.82, 2.24) is 9.72 Å². The SMILES string of the molecule is CCc1ccc(OP2(Oc3ccccc3)=N[P+](Oc3ccccc3)(Oc3ccc(CC)cc3)N[P+](Oc3ccccc3)(Oc3ccc(CC)cc3)N2)cc1. The van der Waals surface area contributed by atoms with Crippen molar-refractivity contribution in [3.05, 3.63) is 180 Å². The Morgan fingerprint density at radius 3 is 1.19 bits per heavy atom. The zero-order chi connectivity index (χ0) is 37.3. The molecule has 6 aromatic carbocycles. The third-order valence-electron chi connectivity index (χ3n) is 8.36. The van der Waals surface area contributed by atoms with Gasteiger partial charge in [0.15, 0.2) is 23.0 Å². The van der Waals surface area contributed by atoms with Crippen molar-refractivity contribution in [3.8, 4) is 34.5 Å². The Morgan fingerprint density at radius 2 is 0.759 bits per heavy atom. The van der Waals surface area contributed by atoms with Gasteiger partial charge in [-0.25, -0.2) is 0 Å². The maximum Gasteiger partial charge on any atom is 0.617 e. The lowest BCUT2D eigenvalue weighted by atomic mass is 10.2. The van der Waals surface area contributed by atoms with Crippen molar-refractivity contribution >= 4 is 23.7 Å². The van der Waals surface area contributed by atoms with Crippen LogP contribution in [0.25, 0.3) is 0 Å². The van der Waals surface area contributed by atoms with Crippen LogP contribution in [0.5, 0.6) is 34.5 Å². The molecule has 1 aliphatic heterocycles. The third kappa shape index (κ3) is 9.43. The molecule has 0 spiro atoms. The average Bonchev–Trinajstić information content (AvgIpc) is 3.19. The van der Waals surface area contributed by atoms with Crippen LogP contribution < -0.4 is 36.9 Å². The first kappa shape index (κ1) is 37.4. The molecular formula is C42H44N3O6P3+2. The lowest BCUT2D eigenvalue weighted by Crippen LogP contribution is -2.41. The number of hydrogen-bond acceptors (Lipinski definition) is 9. The Bertz CT molecular complexity index is 2150. The first-order chi connectivity index (χ1) is 26.4. The summed E-state index contributed by atoms with van der Waals surface area (Å²) < 4.78 is 47.3. The zero-order valence-corrected chi connectivity index (χ0v) is 33.1. The summed E-state index contributed by atoms with van der Waals surface area (Å²) in [6.45, 7) is 6.34. The second kappa shape index (κ2) is 17.1. The highest BCUT2D eigenvalue weighted by Crippen LogP contribution is 2.79. The largest absolute Gasteiger partial charge is 0.617 e. The van der Waals surface area contributed by atoms with Gasteiger partial charge in [-0.05, 0) is 109 Å². The molecule has 0 amide bonds. The van der Waals surface area contributed by atoms with Crippen LogP contribution in [0.1, 0.15) is 37.5 Å². The standard InChI is InChI=1S/C42H44N3O6P3/c1-4-34-22-28-40(29-23-34)49-52(46-37-16-10-7-11-17-37)43-53(47-38-18-12-8-13-19-38,50-41-30-24-35(5-2)25-31-41)45-54(44-52,48-39-20-14-9-15-21-39)51-42-32-26-36(6-3)27-33-42/h7-33,43-44H,4-6H2,1-3H3/q+2. The molecule has 3 atom stereocenters. The zero-order valence-electron chi connectivity index (χ0n) is 30.4. The minimum absolute atomic E-state index is 0.518. The highest BCUT2D eigenvalue weighted by molar-refractivity contribution is 7.89. The molecule has 2 N–H and O–H groups in total. The fourth-order valence-corrected chi connectivity index (χ4v) is 15.5. The Hall–Kier alpha value is -4.87. The summed E-state index contributed by atoms with van der Waals surface area (Å²) in [5.74, 6) is 3.19. The predicted octanol–water partition coefficient (Wildman–Crippen LogP) is 12.6. The van der Waals surface area contributed by atoms with Gasteiger partial charge in [0.25, 0.3) is 0 Å². The molecule has 1 heterocycles. The Kier molecular flexibility index (Phi) is 11.8. The van der Waals surface area contributed by atoms with Gasteiger partial charge in [0.05, 0.1) is 4.52 Å². The van der Waals surface area contributed by atoms with Gasteiger partial charge in [-0.2, -0.15) is 0 Å². The van der Waals surface area contributed by atoms with Crippen LogP contribution in [0.2, 0.25) is 0 Å². The summed E-state index contributed by atoms with van der Waals surface area (Å²) in [6.07, 6.45) is 2.63. The van der Waals surface area contributed by atoms with Crippen molar-refractivity contribution < 1.29 is 27.1 Å². The van der Waals surface area contributed by atoms with E-state index in [1.807, 2.05) is 164 Å². The normalized spacial score (nSPS) is 20.6. The van der Waals surface area contributed by atoms with Gasteiger partial charge in [-0.3, -0.25) is 18.1 Å². The van der Waals surface area contributed by atoms with E-state index in [1.54, 1.807) is 0 Å². The van der Waals surface area contributed by atoms with E-state index in [2.05, 4.69) is 30.5 Å². The summed E-state index contributed by atoms with van der Waals surface area (Å²) in [7, 11) is -11.2. The molecule has 0 bridgehead atoms. The number of aryl methyl sites for hydroxylation is 3. The van der Waals surface area contributed by atoms with E-state index in [0.29, 0.717) is 34.5 Å². The number of hydrogen-bond donors (Lipinski definition) is 2. The monoisotopic (exact) mass is 779 g/mol. The van der Waals surface area contributed by atoms with E-state index in [9.17, 15) is 0 Å². The van der Waals surface area contributed by atoms with Crippen molar-refractivity contribution in [3.63, 3.8) is 0 Å². The molecular weight excluding hydrogens is 735 g/mol. The van der Waals surface area contributed by atoms with Gasteiger partial charge in [-0.15, -0.1) is 0 Å². The molecule has 0 radical (unpaired) electrons. The topological polar surface area (TPSA) is 91.8 Å². The van der Waals surface area contributed by atoms with E-state index >= 15 is 0 Å². The van der Waals surface area contributed by atoms with Crippen LogP contribution in [0.3, 0.4) is 0 Å². The van der Waals surface area contributed by atoms with E-state index in [-0.39, 0.29) is 0 Å². The van der Waals surface area contributed by atoms with E-state index in [0.717, 1.165) is 30.4 Å². The van der Waals surface area contributed by atoms with Gasteiger partial charge >= 0.3 is 23.7 Å². The molecule has 276 valence electrons. The summed E-state index contributed by atoms with van der Waals surface area (Å²) in [6, 6.07) is 52.0. The second-order valence-electron chi connectivity index (χ2n) is 12.4. The van der Waals surface area contributed by atoms with Crippen molar-refractivity contribution in [2.75, 3.05) is 0 Å². The molecule has 3 unspecified atom stereocenters. The molecule has 0 saturated carbocycles. The minimum Gasteiger partial charge on any atom is -0.415 e. The maximum atomic E-state index is 7.02. The highest BCUT2D eigenvalue weighted by Gasteiger charge is 2.75. The number of para-hydroxylation sites is 3. The van der Waals surface area contributed by atoms with Crippen LogP contribution in [0, 0.1) is 0 Å². The molecule has 12 heteroatoms. The number of rotatable bonds is 15. The molecule has 0 aromatic heterocycles. The lowest BCUT2D eigenvalue weighted by Gasteiger charge is -2.34. The van der Waals surface area contributed by atoms with Gasteiger partial charge in [0.1, 0.15) is 16.4 Å². The van der Waals surface area contributed by atoms with E-state index in [4.69, 9.17) is 31.7 Å². The molecule has 0 saturated heterocycles. The average molecular weight is 780 g/mol. The second-order valence-corrected chi connectivity index (χ2v) is 19.0. The summed E-state index contributed by atoms with van der Waals surface area (Å²) >= 11 is 0. The van der Waals surface area contributed by atoms with Gasteiger partial charge < -0.3 is 9.05 Å². The first-order valence-corrected chi connectivity index (χ1v) is 22.8. The number of nitrogens with zero attached hydrogens (tertiary/aromatic N) is 1. The van der Waals surface area contributed by atoms with Crippen molar-refractivity contribution in [2.24, 2.45) is 4.52 Å². The quantitative estimate of drug-likeness (QED) is 0.0996. The van der Waals surface area contributed by atoms with Crippen molar-refractivity contribution in [1.29, 1.82) is 0 Å². The number of benzene rings is 6. The molecule has 54 heavy (non-hydrogen) atoms. The smallest absolute Gasteiger partial charge is 0.415 e. The molecule has 1 aliphatic rings. The lowest BCUT2D eigenvalue weighted by molar-refractivity contribution is 0.403. The maximum absolute atomic E-state index is 7.02. The van der Waals surface area contributed by atoms with Crippen LogP contribution >= 0.6 is 23.7 Å². The summed E-state index contributed by atoms with van der Waals surface area (Å²) in [5.41, 5.74) is 3.49. The highest BCUT2D eigenvalue weighted by atomic mass is 31.3. The van der Waals surface area contributed by atoms with Gasteiger partial charge in [0.2, 0.25) is 0 Å². The molecule has 7 rings (SSSR count). The van der Waals surface area contributed by atoms with E-state index in [1.165, 1.54) is 5.56 Å². The van der Waals surface area contributed by atoms with Crippen molar-refractivity contribution in [2.45, 2.75) is 40.0 Å². The van der Waals surface area contributed by atoms with Gasteiger partial charge in [-0.1, -0.05) is 112 Å². The Morgan fingerprint density at radius 1 is 0.426 bits per heavy atom. The van der Waals surface area contributed by atoms with Crippen LogP contribution in [-0.4, -0.2) is 0 Å². The Labute approximate surface area is 319 Å². The Balaban J connectivity index is 1.48. The minimum atomic E-state index is -3.77.